The summed E-state index contributed by atoms with van der Waals surface area (Å²) in [5, 5.41) is 2.65. The van der Waals surface area contributed by atoms with Gasteiger partial charge in [0.2, 0.25) is 5.91 Å². The van der Waals surface area contributed by atoms with Gasteiger partial charge in [0.15, 0.2) is 9.84 Å². The lowest BCUT2D eigenvalue weighted by Crippen LogP contribution is -2.16. The normalized spacial score (nSPS) is 11.3. The van der Waals surface area contributed by atoms with Gasteiger partial charge in [-0.25, -0.2) is 12.8 Å². The van der Waals surface area contributed by atoms with Crippen LogP contribution >= 0.6 is 0 Å². The van der Waals surface area contributed by atoms with Gasteiger partial charge < -0.3 is 5.32 Å². The number of benzene rings is 2. The molecule has 2 aromatic rings. The van der Waals surface area contributed by atoms with E-state index in [4.69, 9.17) is 0 Å². The van der Waals surface area contributed by atoms with Crippen molar-refractivity contribution in [3.8, 4) is 0 Å². The van der Waals surface area contributed by atoms with Gasteiger partial charge >= 0.3 is 0 Å². The van der Waals surface area contributed by atoms with Gasteiger partial charge in [-0.05, 0) is 36.2 Å². The predicted molar refractivity (Wildman–Crippen MR) is 88.5 cm³/mol. The number of anilines is 1. The summed E-state index contributed by atoms with van der Waals surface area (Å²) in [4.78, 5) is 12.1. The largest absolute Gasteiger partial charge is 0.326 e. The van der Waals surface area contributed by atoms with Crippen LogP contribution in [0, 0.1) is 12.7 Å². The second kappa shape index (κ2) is 6.91. The van der Waals surface area contributed by atoms with E-state index in [2.05, 4.69) is 5.32 Å². The van der Waals surface area contributed by atoms with Crippen molar-refractivity contribution in [2.24, 2.45) is 0 Å². The minimum atomic E-state index is -3.33. The standard InChI is InChI=1S/C17H18FNO3S/c1-12-3-5-13(6-4-12)9-17(20)19-16-8-7-15(18)10-14(16)11-23(2,21)22/h3-8,10H,9,11H2,1-2H3,(H,19,20). The summed E-state index contributed by atoms with van der Waals surface area (Å²) in [5.74, 6) is -1.15. The molecule has 4 nitrogen and oxygen atoms in total. The summed E-state index contributed by atoms with van der Waals surface area (Å²) >= 11 is 0. The van der Waals surface area contributed by atoms with Gasteiger partial charge in [0.05, 0.1) is 12.2 Å². The highest BCUT2D eigenvalue weighted by Gasteiger charge is 2.13. The zero-order valence-electron chi connectivity index (χ0n) is 13.0. The minimum Gasteiger partial charge on any atom is -0.326 e. The van der Waals surface area contributed by atoms with Crippen LogP contribution in [-0.4, -0.2) is 20.6 Å². The first-order chi connectivity index (χ1) is 10.7. The van der Waals surface area contributed by atoms with Crippen LogP contribution in [0.15, 0.2) is 42.5 Å². The van der Waals surface area contributed by atoms with Gasteiger partial charge in [-0.3, -0.25) is 4.79 Å². The molecule has 0 aliphatic rings. The summed E-state index contributed by atoms with van der Waals surface area (Å²) in [6.45, 7) is 1.96. The van der Waals surface area contributed by atoms with E-state index in [9.17, 15) is 17.6 Å². The fourth-order valence-electron chi connectivity index (χ4n) is 2.17. The Labute approximate surface area is 135 Å². The molecule has 0 saturated carbocycles. The van der Waals surface area contributed by atoms with Crippen molar-refractivity contribution in [1.82, 2.24) is 0 Å². The third-order valence-electron chi connectivity index (χ3n) is 3.24. The molecule has 0 aliphatic heterocycles. The Morgan fingerprint density at radius 3 is 2.39 bits per heavy atom. The van der Waals surface area contributed by atoms with Crippen molar-refractivity contribution < 1.29 is 17.6 Å². The highest BCUT2D eigenvalue weighted by molar-refractivity contribution is 7.89. The molecule has 122 valence electrons. The molecule has 0 aliphatic carbocycles. The van der Waals surface area contributed by atoms with Crippen molar-refractivity contribution in [3.63, 3.8) is 0 Å². The van der Waals surface area contributed by atoms with E-state index < -0.39 is 15.7 Å². The average Bonchev–Trinajstić information content (AvgIpc) is 2.43. The fourth-order valence-corrected chi connectivity index (χ4v) is 2.98. The van der Waals surface area contributed by atoms with Gasteiger partial charge in [-0.1, -0.05) is 29.8 Å². The van der Waals surface area contributed by atoms with E-state index in [1.54, 1.807) is 0 Å². The highest BCUT2D eigenvalue weighted by atomic mass is 32.2. The number of nitrogens with one attached hydrogen (secondary N) is 1. The number of hydrogen-bond donors (Lipinski definition) is 1. The number of sulfone groups is 1. The van der Waals surface area contributed by atoms with E-state index in [0.717, 1.165) is 23.4 Å². The third-order valence-corrected chi connectivity index (χ3v) is 4.08. The molecule has 0 aromatic heterocycles. The maximum absolute atomic E-state index is 13.3. The van der Waals surface area contributed by atoms with E-state index in [0.29, 0.717) is 5.69 Å². The number of hydrogen-bond acceptors (Lipinski definition) is 3. The van der Waals surface area contributed by atoms with Crippen molar-refractivity contribution >= 4 is 21.4 Å². The van der Waals surface area contributed by atoms with Gasteiger partial charge in [0.25, 0.3) is 0 Å². The highest BCUT2D eigenvalue weighted by Crippen LogP contribution is 2.20. The van der Waals surface area contributed by atoms with Gasteiger partial charge in [-0.15, -0.1) is 0 Å². The van der Waals surface area contributed by atoms with Crippen LogP contribution in [0.2, 0.25) is 0 Å². The molecule has 0 atom stereocenters. The Morgan fingerprint density at radius 1 is 1.13 bits per heavy atom. The Kier molecular flexibility index (Phi) is 5.15. The lowest BCUT2D eigenvalue weighted by Gasteiger charge is -2.11. The third kappa shape index (κ3) is 5.49. The van der Waals surface area contributed by atoms with Crippen molar-refractivity contribution in [3.05, 3.63) is 65.0 Å². The molecule has 0 spiro atoms. The molecule has 1 amide bonds. The van der Waals surface area contributed by atoms with E-state index in [1.807, 2.05) is 31.2 Å². The summed E-state index contributed by atoms with van der Waals surface area (Å²) in [5.41, 5.74) is 2.50. The first-order valence-electron chi connectivity index (χ1n) is 7.04. The van der Waals surface area contributed by atoms with Crippen LogP contribution in [0.25, 0.3) is 0 Å². The van der Waals surface area contributed by atoms with Crippen molar-refractivity contribution in [2.45, 2.75) is 19.1 Å². The number of rotatable bonds is 5. The number of carbonyl (C=O) groups is 1. The predicted octanol–water partition coefficient (Wildman–Crippen LogP) is 2.86. The average molecular weight is 335 g/mol. The minimum absolute atomic E-state index is 0.163. The number of halogens is 1. The van der Waals surface area contributed by atoms with Crippen LogP contribution < -0.4 is 5.32 Å². The molecular weight excluding hydrogens is 317 g/mol. The van der Waals surface area contributed by atoms with E-state index in [1.165, 1.54) is 12.1 Å². The number of aryl methyl sites for hydroxylation is 1. The fraction of sp³-hybridized carbons (Fsp3) is 0.235. The van der Waals surface area contributed by atoms with Crippen LogP contribution in [0.4, 0.5) is 10.1 Å². The molecule has 0 unspecified atom stereocenters. The van der Waals surface area contributed by atoms with Gasteiger partial charge in [0, 0.05) is 11.9 Å². The van der Waals surface area contributed by atoms with Gasteiger partial charge in [-0.2, -0.15) is 0 Å². The summed E-state index contributed by atoms with van der Waals surface area (Å²) in [6, 6.07) is 11.2. The molecule has 2 rings (SSSR count). The molecule has 0 fully saturated rings. The summed E-state index contributed by atoms with van der Waals surface area (Å²) in [7, 11) is -3.33. The summed E-state index contributed by atoms with van der Waals surface area (Å²) in [6.07, 6.45) is 1.23. The Morgan fingerprint density at radius 2 is 1.78 bits per heavy atom. The van der Waals surface area contributed by atoms with Crippen LogP contribution in [-0.2, 0) is 26.8 Å². The first-order valence-corrected chi connectivity index (χ1v) is 9.10. The molecule has 0 radical (unpaired) electrons. The SMILES string of the molecule is Cc1ccc(CC(=O)Nc2ccc(F)cc2CS(C)(=O)=O)cc1. The zero-order valence-corrected chi connectivity index (χ0v) is 13.8. The quantitative estimate of drug-likeness (QED) is 0.914. The Balaban J connectivity index is 2.15. The van der Waals surface area contributed by atoms with E-state index in [-0.39, 0.29) is 23.6 Å². The lowest BCUT2D eigenvalue weighted by atomic mass is 10.1. The van der Waals surface area contributed by atoms with Crippen LogP contribution in [0.3, 0.4) is 0 Å². The van der Waals surface area contributed by atoms with Gasteiger partial charge in [0.1, 0.15) is 5.82 Å². The Bertz CT molecular complexity index is 814. The molecular formula is C17H18FNO3S. The topological polar surface area (TPSA) is 63.2 Å². The molecule has 0 saturated heterocycles. The smallest absolute Gasteiger partial charge is 0.228 e. The maximum Gasteiger partial charge on any atom is 0.228 e. The molecule has 0 heterocycles. The second-order valence-electron chi connectivity index (χ2n) is 5.58. The van der Waals surface area contributed by atoms with Crippen LogP contribution in [0.1, 0.15) is 16.7 Å². The van der Waals surface area contributed by atoms with Crippen molar-refractivity contribution in [2.75, 3.05) is 11.6 Å². The Hall–Kier alpha value is -2.21. The summed E-state index contributed by atoms with van der Waals surface area (Å²) < 4.78 is 36.2. The molecule has 23 heavy (non-hydrogen) atoms. The molecule has 2 aromatic carbocycles. The number of amides is 1. The molecule has 6 heteroatoms. The zero-order chi connectivity index (χ0) is 17.0. The second-order valence-corrected chi connectivity index (χ2v) is 7.72. The first kappa shape index (κ1) is 17.1. The molecule has 1 N–H and O–H groups in total. The maximum atomic E-state index is 13.3. The monoisotopic (exact) mass is 335 g/mol. The van der Waals surface area contributed by atoms with Crippen molar-refractivity contribution in [1.29, 1.82) is 0 Å². The number of carbonyl (C=O) groups excluding carboxylic acids is 1. The van der Waals surface area contributed by atoms with E-state index >= 15 is 0 Å². The molecule has 0 bridgehead atoms. The lowest BCUT2D eigenvalue weighted by molar-refractivity contribution is -0.115. The van der Waals surface area contributed by atoms with Crippen LogP contribution in [0.5, 0.6) is 0 Å².